The summed E-state index contributed by atoms with van der Waals surface area (Å²) in [7, 11) is 0. The van der Waals surface area contributed by atoms with Gasteiger partial charge >= 0.3 is 5.97 Å². The van der Waals surface area contributed by atoms with Gasteiger partial charge in [0.2, 0.25) is 0 Å². The molecule has 0 heterocycles. The number of rotatable bonds is 4. The third-order valence-corrected chi connectivity index (χ3v) is 2.31. The fraction of sp³-hybridized carbons (Fsp3) is 0.364. The van der Waals surface area contributed by atoms with Crippen LogP contribution >= 0.6 is 11.6 Å². The first kappa shape index (κ1) is 11.9. The van der Waals surface area contributed by atoms with Crippen molar-refractivity contribution in [2.75, 3.05) is 0 Å². The van der Waals surface area contributed by atoms with Crippen molar-refractivity contribution in [3.05, 3.63) is 28.8 Å². The van der Waals surface area contributed by atoms with Crippen LogP contribution in [0.1, 0.15) is 30.6 Å². The van der Waals surface area contributed by atoms with E-state index < -0.39 is 5.97 Å². The number of carboxylic acid groups (broad SMARTS) is 1. The number of aromatic carboxylic acids is 1. The highest BCUT2D eigenvalue weighted by Crippen LogP contribution is 2.24. The molecule has 0 aliphatic carbocycles. The molecule has 15 heavy (non-hydrogen) atoms. The van der Waals surface area contributed by atoms with E-state index >= 15 is 0 Å². The minimum absolute atomic E-state index is 0.0263. The van der Waals surface area contributed by atoms with Crippen molar-refractivity contribution in [3.8, 4) is 5.75 Å². The number of carboxylic acids is 1. The summed E-state index contributed by atoms with van der Waals surface area (Å²) in [6.07, 6.45) is 0.785. The number of carbonyl (C=O) groups is 1. The first-order valence-electron chi connectivity index (χ1n) is 4.74. The molecule has 0 aliphatic heterocycles. The van der Waals surface area contributed by atoms with Crippen LogP contribution in [0.3, 0.4) is 0 Å². The maximum Gasteiger partial charge on any atom is 0.339 e. The predicted molar refractivity (Wildman–Crippen MR) is 58.8 cm³/mol. The SMILES string of the molecule is CCC(C)Oc1cc(Cl)ccc1C(=O)O. The molecule has 0 bridgehead atoms. The Labute approximate surface area is 93.6 Å². The van der Waals surface area contributed by atoms with Crippen molar-refractivity contribution < 1.29 is 14.6 Å². The Balaban J connectivity index is 3.02. The molecule has 0 saturated carbocycles. The summed E-state index contributed by atoms with van der Waals surface area (Å²) in [6, 6.07) is 4.51. The zero-order chi connectivity index (χ0) is 11.4. The van der Waals surface area contributed by atoms with Crippen molar-refractivity contribution in [2.45, 2.75) is 26.4 Å². The third kappa shape index (κ3) is 3.13. The second-order valence-electron chi connectivity index (χ2n) is 3.28. The molecule has 1 aromatic rings. The minimum atomic E-state index is -1.01. The largest absolute Gasteiger partial charge is 0.490 e. The molecule has 1 aromatic carbocycles. The Hall–Kier alpha value is -1.22. The smallest absolute Gasteiger partial charge is 0.339 e. The van der Waals surface area contributed by atoms with E-state index in [0.717, 1.165) is 6.42 Å². The van der Waals surface area contributed by atoms with Crippen LogP contribution in [-0.4, -0.2) is 17.2 Å². The Kier molecular flexibility index (Phi) is 3.97. The number of halogens is 1. The highest BCUT2D eigenvalue weighted by Gasteiger charge is 2.13. The fourth-order valence-corrected chi connectivity index (χ4v) is 1.23. The standard InChI is InChI=1S/C11H13ClO3/c1-3-7(2)15-10-6-8(12)4-5-9(10)11(13)14/h4-7H,3H2,1-2H3,(H,13,14). The zero-order valence-electron chi connectivity index (χ0n) is 8.66. The summed E-state index contributed by atoms with van der Waals surface area (Å²) in [4.78, 5) is 10.9. The van der Waals surface area contributed by atoms with Gasteiger partial charge in [0.25, 0.3) is 0 Å². The lowest BCUT2D eigenvalue weighted by atomic mass is 10.2. The van der Waals surface area contributed by atoms with Gasteiger partial charge < -0.3 is 9.84 Å². The van der Waals surface area contributed by atoms with E-state index in [-0.39, 0.29) is 11.7 Å². The molecule has 82 valence electrons. The van der Waals surface area contributed by atoms with Gasteiger partial charge in [-0.25, -0.2) is 4.79 Å². The fourth-order valence-electron chi connectivity index (χ4n) is 1.07. The van der Waals surface area contributed by atoms with Crippen LogP contribution < -0.4 is 4.74 Å². The molecular weight excluding hydrogens is 216 g/mol. The first-order valence-corrected chi connectivity index (χ1v) is 5.12. The van der Waals surface area contributed by atoms with Gasteiger partial charge in [0.05, 0.1) is 6.10 Å². The first-order chi connectivity index (χ1) is 7.04. The summed E-state index contributed by atoms with van der Waals surface area (Å²) >= 11 is 5.78. The van der Waals surface area contributed by atoms with E-state index in [1.165, 1.54) is 18.2 Å². The molecule has 0 aliphatic rings. The molecule has 0 amide bonds. The number of benzene rings is 1. The molecule has 1 rings (SSSR count). The van der Waals surface area contributed by atoms with Gasteiger partial charge in [-0.05, 0) is 31.5 Å². The molecule has 0 spiro atoms. The molecule has 0 radical (unpaired) electrons. The van der Waals surface area contributed by atoms with Gasteiger partial charge in [0.15, 0.2) is 0 Å². The van der Waals surface area contributed by atoms with Gasteiger partial charge in [-0.15, -0.1) is 0 Å². The average molecular weight is 229 g/mol. The van der Waals surface area contributed by atoms with Gasteiger partial charge in [-0.2, -0.15) is 0 Å². The molecule has 1 N–H and O–H groups in total. The summed E-state index contributed by atoms with van der Waals surface area (Å²) < 4.78 is 5.47. The topological polar surface area (TPSA) is 46.5 Å². The van der Waals surface area contributed by atoms with E-state index in [4.69, 9.17) is 21.4 Å². The molecule has 4 heteroatoms. The predicted octanol–water partition coefficient (Wildman–Crippen LogP) is 3.22. The normalized spacial score (nSPS) is 12.2. The lowest BCUT2D eigenvalue weighted by Crippen LogP contribution is -2.12. The van der Waals surface area contributed by atoms with Crippen molar-refractivity contribution in [1.82, 2.24) is 0 Å². The number of ether oxygens (including phenoxy) is 1. The van der Waals surface area contributed by atoms with E-state index in [9.17, 15) is 4.79 Å². The van der Waals surface area contributed by atoms with E-state index in [1.807, 2.05) is 13.8 Å². The van der Waals surface area contributed by atoms with E-state index in [2.05, 4.69) is 0 Å². The molecule has 1 atom stereocenters. The summed E-state index contributed by atoms with van der Waals surface area (Å²) in [5.74, 6) is -0.686. The molecule has 3 nitrogen and oxygen atoms in total. The molecule has 1 unspecified atom stereocenters. The van der Waals surface area contributed by atoms with Crippen LogP contribution in [0.5, 0.6) is 5.75 Å². The number of hydrogen-bond acceptors (Lipinski definition) is 2. The monoisotopic (exact) mass is 228 g/mol. The molecule has 0 aromatic heterocycles. The van der Waals surface area contributed by atoms with Crippen LogP contribution in [-0.2, 0) is 0 Å². The molecule has 0 saturated heterocycles. The Bertz CT molecular complexity index is 363. The maximum atomic E-state index is 10.9. The summed E-state index contributed by atoms with van der Waals surface area (Å²) in [6.45, 7) is 3.85. The molecule has 0 fully saturated rings. The third-order valence-electron chi connectivity index (χ3n) is 2.08. The van der Waals surface area contributed by atoms with Crippen molar-refractivity contribution in [1.29, 1.82) is 0 Å². The van der Waals surface area contributed by atoms with E-state index in [0.29, 0.717) is 10.8 Å². The lowest BCUT2D eigenvalue weighted by Gasteiger charge is -2.14. The number of hydrogen-bond donors (Lipinski definition) is 1. The van der Waals surface area contributed by atoms with Gasteiger partial charge in [0.1, 0.15) is 11.3 Å². The highest BCUT2D eigenvalue weighted by atomic mass is 35.5. The highest BCUT2D eigenvalue weighted by molar-refractivity contribution is 6.30. The Morgan fingerprint density at radius 1 is 1.60 bits per heavy atom. The summed E-state index contributed by atoms with van der Waals surface area (Å²) in [5.41, 5.74) is 0.139. The average Bonchev–Trinajstić information content (AvgIpc) is 2.17. The van der Waals surface area contributed by atoms with Crippen molar-refractivity contribution in [3.63, 3.8) is 0 Å². The zero-order valence-corrected chi connectivity index (χ0v) is 9.41. The maximum absolute atomic E-state index is 10.9. The quantitative estimate of drug-likeness (QED) is 0.861. The van der Waals surface area contributed by atoms with E-state index in [1.54, 1.807) is 0 Å². The summed E-state index contributed by atoms with van der Waals surface area (Å²) in [5, 5.41) is 9.39. The van der Waals surface area contributed by atoms with Crippen LogP contribution in [0.2, 0.25) is 5.02 Å². The van der Waals surface area contributed by atoms with Gasteiger partial charge in [0, 0.05) is 5.02 Å². The van der Waals surface area contributed by atoms with Crippen LogP contribution in [0, 0.1) is 0 Å². The van der Waals surface area contributed by atoms with Crippen LogP contribution in [0.15, 0.2) is 18.2 Å². The minimum Gasteiger partial charge on any atom is -0.490 e. The van der Waals surface area contributed by atoms with Crippen LogP contribution in [0.4, 0.5) is 0 Å². The van der Waals surface area contributed by atoms with Gasteiger partial charge in [-0.1, -0.05) is 18.5 Å². The second-order valence-corrected chi connectivity index (χ2v) is 3.72. The molecular formula is C11H13ClO3. The Morgan fingerprint density at radius 3 is 2.80 bits per heavy atom. The van der Waals surface area contributed by atoms with Gasteiger partial charge in [-0.3, -0.25) is 0 Å². The van der Waals surface area contributed by atoms with Crippen molar-refractivity contribution >= 4 is 17.6 Å². The lowest BCUT2D eigenvalue weighted by molar-refractivity contribution is 0.0689. The van der Waals surface area contributed by atoms with Crippen LogP contribution in [0.25, 0.3) is 0 Å². The Morgan fingerprint density at radius 2 is 2.27 bits per heavy atom. The second kappa shape index (κ2) is 5.03. The van der Waals surface area contributed by atoms with Crippen molar-refractivity contribution in [2.24, 2.45) is 0 Å².